The maximum absolute atomic E-state index is 11.7. The Morgan fingerprint density at radius 2 is 2.00 bits per heavy atom. The number of nitrogens with one attached hydrogen (secondary N) is 2. The summed E-state index contributed by atoms with van der Waals surface area (Å²) in [5, 5.41) is 4.89. The van der Waals surface area contributed by atoms with E-state index >= 15 is 0 Å². The molecule has 0 saturated heterocycles. The van der Waals surface area contributed by atoms with Gasteiger partial charge in [0.05, 0.1) is 13.1 Å². The molecule has 0 aromatic carbocycles. The second kappa shape index (κ2) is 6.62. The summed E-state index contributed by atoms with van der Waals surface area (Å²) in [5.41, 5.74) is 0. The highest BCUT2D eigenvalue weighted by atomic mass is 19.4. The summed E-state index contributed by atoms with van der Waals surface area (Å²) < 4.78 is 35.1. The molecule has 0 heterocycles. The van der Waals surface area contributed by atoms with Gasteiger partial charge >= 0.3 is 6.18 Å². The number of alkyl halides is 3. The fourth-order valence-corrected chi connectivity index (χ4v) is 0.850. The van der Waals surface area contributed by atoms with E-state index in [4.69, 9.17) is 0 Å². The second-order valence-electron chi connectivity index (χ2n) is 3.14. The summed E-state index contributed by atoms with van der Waals surface area (Å²) in [6.45, 7) is -0.344. The molecule has 0 spiro atoms. The zero-order chi connectivity index (χ0) is 11.9. The van der Waals surface area contributed by atoms with Crippen molar-refractivity contribution < 1.29 is 18.0 Å². The van der Waals surface area contributed by atoms with Gasteiger partial charge in [-0.05, 0) is 7.05 Å². The van der Waals surface area contributed by atoms with Crippen molar-refractivity contribution in [2.45, 2.75) is 6.18 Å². The van der Waals surface area contributed by atoms with E-state index in [1.807, 2.05) is 5.32 Å². The van der Waals surface area contributed by atoms with Crippen LogP contribution < -0.4 is 10.6 Å². The molecule has 0 unspecified atom stereocenters. The first-order valence-corrected chi connectivity index (χ1v) is 4.53. The van der Waals surface area contributed by atoms with Gasteiger partial charge in [-0.25, -0.2) is 0 Å². The van der Waals surface area contributed by atoms with Crippen molar-refractivity contribution in [1.29, 1.82) is 0 Å². The molecule has 15 heavy (non-hydrogen) atoms. The zero-order valence-electron chi connectivity index (χ0n) is 8.82. The first kappa shape index (κ1) is 14.2. The van der Waals surface area contributed by atoms with Crippen molar-refractivity contribution in [3.8, 4) is 0 Å². The lowest BCUT2D eigenvalue weighted by atomic mass is 10.4. The molecule has 0 fully saturated rings. The van der Waals surface area contributed by atoms with Gasteiger partial charge in [0.15, 0.2) is 0 Å². The Balaban J connectivity index is 3.64. The number of amides is 1. The van der Waals surface area contributed by atoms with Crippen molar-refractivity contribution in [1.82, 2.24) is 15.5 Å². The van der Waals surface area contributed by atoms with Gasteiger partial charge in [0, 0.05) is 20.1 Å². The molecule has 0 atom stereocenters. The maximum Gasteiger partial charge on any atom is 0.401 e. The van der Waals surface area contributed by atoms with Gasteiger partial charge < -0.3 is 15.5 Å². The normalized spacial score (nSPS) is 11.5. The smallest absolute Gasteiger partial charge is 0.343 e. The molecule has 0 radical (unpaired) electrons. The van der Waals surface area contributed by atoms with E-state index in [0.29, 0.717) is 13.1 Å². The molecular formula is C8H16F3N3O. The molecule has 0 bridgehead atoms. The van der Waals surface area contributed by atoms with Crippen molar-refractivity contribution in [3.05, 3.63) is 0 Å². The number of carbonyl (C=O) groups excluding carboxylic acids is 1. The summed E-state index contributed by atoms with van der Waals surface area (Å²) in [5.74, 6) is -0.352. The van der Waals surface area contributed by atoms with E-state index in [0.717, 1.165) is 0 Å². The van der Waals surface area contributed by atoms with Crippen LogP contribution in [0.4, 0.5) is 13.2 Å². The average Bonchev–Trinajstić information content (AvgIpc) is 2.11. The van der Waals surface area contributed by atoms with Crippen LogP contribution in [-0.4, -0.2) is 57.3 Å². The Labute approximate surface area is 86.8 Å². The van der Waals surface area contributed by atoms with E-state index in [1.54, 1.807) is 14.1 Å². The summed E-state index contributed by atoms with van der Waals surface area (Å²) in [4.78, 5) is 12.6. The Morgan fingerprint density at radius 3 is 2.47 bits per heavy atom. The largest absolute Gasteiger partial charge is 0.401 e. The molecule has 2 N–H and O–H groups in total. The quantitative estimate of drug-likeness (QED) is 0.661. The molecule has 0 rings (SSSR count). The summed E-state index contributed by atoms with van der Waals surface area (Å²) >= 11 is 0. The molecule has 0 aliphatic rings. The van der Waals surface area contributed by atoms with Crippen molar-refractivity contribution >= 4 is 5.91 Å². The maximum atomic E-state index is 11.7. The number of halogens is 3. The van der Waals surface area contributed by atoms with E-state index in [2.05, 4.69) is 5.32 Å². The van der Waals surface area contributed by atoms with Gasteiger partial charge in [-0.1, -0.05) is 0 Å². The minimum atomic E-state index is -4.27. The zero-order valence-corrected chi connectivity index (χ0v) is 8.82. The highest BCUT2D eigenvalue weighted by molar-refractivity contribution is 5.77. The third kappa shape index (κ3) is 8.19. The molecule has 0 aliphatic carbocycles. The van der Waals surface area contributed by atoms with E-state index < -0.39 is 12.7 Å². The van der Waals surface area contributed by atoms with Crippen LogP contribution in [0.1, 0.15) is 0 Å². The highest BCUT2D eigenvalue weighted by Gasteiger charge is 2.26. The molecule has 1 amide bonds. The Hall–Kier alpha value is -0.820. The first-order valence-electron chi connectivity index (χ1n) is 4.53. The molecule has 0 aromatic rings. The Bertz CT molecular complexity index is 196. The van der Waals surface area contributed by atoms with Gasteiger partial charge in [-0.3, -0.25) is 4.79 Å². The number of likely N-dealkylation sites (N-methyl/N-ethyl adjacent to an activating group) is 2. The van der Waals surface area contributed by atoms with Gasteiger partial charge in [-0.15, -0.1) is 0 Å². The molecule has 0 aromatic heterocycles. The molecule has 0 saturated carbocycles. The standard InChI is InChI=1S/C8H16F3N3O/c1-12-3-4-14(2)7(15)5-13-6-8(9,10)11/h12-13H,3-6H2,1-2H3. The van der Waals surface area contributed by atoms with Crippen LogP contribution in [0.2, 0.25) is 0 Å². The highest BCUT2D eigenvalue weighted by Crippen LogP contribution is 2.11. The topological polar surface area (TPSA) is 44.4 Å². The second-order valence-corrected chi connectivity index (χ2v) is 3.14. The van der Waals surface area contributed by atoms with Crippen LogP contribution in [0.5, 0.6) is 0 Å². The molecule has 4 nitrogen and oxygen atoms in total. The third-order valence-electron chi connectivity index (χ3n) is 1.72. The summed E-state index contributed by atoms with van der Waals surface area (Å²) in [7, 11) is 3.29. The van der Waals surface area contributed by atoms with Crippen molar-refractivity contribution in [3.63, 3.8) is 0 Å². The molecule has 0 aliphatic heterocycles. The lowest BCUT2D eigenvalue weighted by Crippen LogP contribution is -2.41. The van der Waals surface area contributed by atoms with Crippen LogP contribution in [0.3, 0.4) is 0 Å². The van der Waals surface area contributed by atoms with Gasteiger partial charge in [0.2, 0.25) is 5.91 Å². The van der Waals surface area contributed by atoms with Crippen LogP contribution >= 0.6 is 0 Å². The van der Waals surface area contributed by atoms with E-state index in [9.17, 15) is 18.0 Å². The fraction of sp³-hybridized carbons (Fsp3) is 0.875. The van der Waals surface area contributed by atoms with Crippen LogP contribution in [0.15, 0.2) is 0 Å². The fourth-order valence-electron chi connectivity index (χ4n) is 0.850. The van der Waals surface area contributed by atoms with Crippen molar-refractivity contribution in [2.75, 3.05) is 40.3 Å². The van der Waals surface area contributed by atoms with E-state index in [1.165, 1.54) is 4.90 Å². The minimum absolute atomic E-state index is 0.292. The number of carbonyl (C=O) groups is 1. The predicted octanol–water partition coefficient (Wildman–Crippen LogP) is -0.184. The predicted molar refractivity (Wildman–Crippen MR) is 50.5 cm³/mol. The lowest BCUT2D eigenvalue weighted by molar-refractivity contribution is -0.133. The third-order valence-corrected chi connectivity index (χ3v) is 1.72. The number of hydrogen-bond donors (Lipinski definition) is 2. The monoisotopic (exact) mass is 227 g/mol. The van der Waals surface area contributed by atoms with Crippen molar-refractivity contribution in [2.24, 2.45) is 0 Å². The summed E-state index contributed by atoms with van der Waals surface area (Å²) in [6, 6.07) is 0. The molecule has 7 heteroatoms. The number of nitrogens with zero attached hydrogens (tertiary/aromatic N) is 1. The van der Waals surface area contributed by atoms with Crippen LogP contribution in [-0.2, 0) is 4.79 Å². The first-order chi connectivity index (χ1) is 6.87. The lowest BCUT2D eigenvalue weighted by Gasteiger charge is -2.17. The van der Waals surface area contributed by atoms with Gasteiger partial charge in [0.1, 0.15) is 0 Å². The molecule has 90 valence electrons. The number of hydrogen-bond acceptors (Lipinski definition) is 3. The van der Waals surface area contributed by atoms with Crippen LogP contribution in [0.25, 0.3) is 0 Å². The summed E-state index contributed by atoms with van der Waals surface area (Å²) in [6.07, 6.45) is -4.27. The van der Waals surface area contributed by atoms with Crippen LogP contribution in [0, 0.1) is 0 Å². The van der Waals surface area contributed by atoms with Gasteiger partial charge in [-0.2, -0.15) is 13.2 Å². The average molecular weight is 227 g/mol. The number of rotatable bonds is 6. The Kier molecular flexibility index (Phi) is 6.26. The minimum Gasteiger partial charge on any atom is -0.343 e. The Morgan fingerprint density at radius 1 is 1.40 bits per heavy atom. The molecular weight excluding hydrogens is 211 g/mol. The van der Waals surface area contributed by atoms with E-state index in [-0.39, 0.29) is 12.5 Å². The SMILES string of the molecule is CNCCN(C)C(=O)CNCC(F)(F)F. The van der Waals surface area contributed by atoms with Gasteiger partial charge in [0.25, 0.3) is 0 Å².